The third-order valence-electron chi connectivity index (χ3n) is 2.62. The molecule has 0 aromatic heterocycles. The van der Waals surface area contributed by atoms with Crippen molar-refractivity contribution in [2.45, 2.75) is 4.90 Å². The second-order valence-electron chi connectivity index (χ2n) is 3.84. The van der Waals surface area contributed by atoms with E-state index in [1.807, 2.05) is 0 Å². The fraction of sp³-hybridized carbons (Fsp3) is 0. The molecule has 0 heterocycles. The molecule has 5 nitrogen and oxygen atoms in total. The van der Waals surface area contributed by atoms with Gasteiger partial charge in [0.1, 0.15) is 0 Å². The molecule has 0 saturated heterocycles. The van der Waals surface area contributed by atoms with Crippen molar-refractivity contribution in [1.29, 1.82) is 0 Å². The number of carbonyl (C=O) groups is 1. The zero-order chi connectivity index (χ0) is 14.0. The van der Waals surface area contributed by atoms with Crippen LogP contribution in [0.25, 0.3) is 11.1 Å². The van der Waals surface area contributed by atoms with Gasteiger partial charge in [0, 0.05) is 22.6 Å². The van der Waals surface area contributed by atoms with Crippen molar-refractivity contribution in [2.24, 2.45) is 0 Å². The average Bonchev–Trinajstić information content (AvgIpc) is 2.38. The Labute approximate surface area is 114 Å². The van der Waals surface area contributed by atoms with E-state index in [0.717, 1.165) is 4.90 Å². The van der Waals surface area contributed by atoms with Gasteiger partial charge in [-0.05, 0) is 23.8 Å². The second kappa shape index (κ2) is 5.11. The van der Waals surface area contributed by atoms with Crippen LogP contribution >= 0.6 is 12.6 Å². The summed E-state index contributed by atoms with van der Waals surface area (Å²) in [5.74, 6) is -1.13. The van der Waals surface area contributed by atoms with Crippen LogP contribution < -0.4 is 0 Å². The largest absolute Gasteiger partial charge is 0.478 e. The van der Waals surface area contributed by atoms with E-state index in [0.29, 0.717) is 11.1 Å². The molecule has 0 amide bonds. The summed E-state index contributed by atoms with van der Waals surface area (Å²) in [5, 5.41) is 19.9. The number of aromatic carboxylic acids is 1. The van der Waals surface area contributed by atoms with Gasteiger partial charge in [-0.3, -0.25) is 10.1 Å². The molecule has 1 N–H and O–H groups in total. The maximum atomic E-state index is 11.2. The number of nitro groups is 1. The van der Waals surface area contributed by atoms with Crippen molar-refractivity contribution in [1.82, 2.24) is 0 Å². The van der Waals surface area contributed by atoms with E-state index in [1.54, 1.807) is 24.3 Å². The third-order valence-corrected chi connectivity index (χ3v) is 2.92. The third kappa shape index (κ3) is 2.74. The molecule has 2 aromatic carbocycles. The second-order valence-corrected chi connectivity index (χ2v) is 4.36. The van der Waals surface area contributed by atoms with Crippen LogP contribution in [-0.4, -0.2) is 16.0 Å². The van der Waals surface area contributed by atoms with Gasteiger partial charge in [0.05, 0.1) is 10.5 Å². The predicted molar refractivity (Wildman–Crippen MR) is 72.7 cm³/mol. The van der Waals surface area contributed by atoms with Gasteiger partial charge < -0.3 is 5.11 Å². The van der Waals surface area contributed by atoms with Gasteiger partial charge in [0.15, 0.2) is 0 Å². The molecule has 6 heteroatoms. The van der Waals surface area contributed by atoms with E-state index in [-0.39, 0.29) is 11.3 Å². The Morgan fingerprint density at radius 3 is 2.32 bits per heavy atom. The highest BCUT2D eigenvalue weighted by Gasteiger charge is 2.16. The van der Waals surface area contributed by atoms with Crippen molar-refractivity contribution < 1.29 is 14.8 Å². The average molecular weight is 275 g/mol. The molecule has 0 atom stereocenters. The van der Waals surface area contributed by atoms with E-state index < -0.39 is 10.9 Å². The molecular formula is C13H9NO4S. The number of benzene rings is 2. The maximum absolute atomic E-state index is 11.2. The van der Waals surface area contributed by atoms with Crippen molar-refractivity contribution in [2.75, 3.05) is 0 Å². The van der Waals surface area contributed by atoms with Crippen LogP contribution in [-0.2, 0) is 0 Å². The lowest BCUT2D eigenvalue weighted by molar-refractivity contribution is -0.384. The molecule has 0 unspecified atom stereocenters. The minimum atomic E-state index is -1.13. The molecule has 0 radical (unpaired) electrons. The van der Waals surface area contributed by atoms with Crippen LogP contribution in [0, 0.1) is 10.1 Å². The first-order valence-corrected chi connectivity index (χ1v) is 5.75. The Bertz CT molecular complexity index is 652. The number of nitrogens with zero attached hydrogens (tertiary/aromatic N) is 1. The van der Waals surface area contributed by atoms with Gasteiger partial charge in [-0.2, -0.15) is 0 Å². The fourth-order valence-electron chi connectivity index (χ4n) is 1.71. The summed E-state index contributed by atoms with van der Waals surface area (Å²) < 4.78 is 0. The molecule has 2 rings (SSSR count). The quantitative estimate of drug-likeness (QED) is 0.512. The highest BCUT2D eigenvalue weighted by atomic mass is 32.1. The van der Waals surface area contributed by atoms with Crippen LogP contribution in [0.1, 0.15) is 10.4 Å². The SMILES string of the molecule is O=C(O)c1ccc([N+](=O)[O-])cc1-c1ccc(S)cc1. The lowest BCUT2D eigenvalue weighted by Gasteiger charge is -2.06. The van der Waals surface area contributed by atoms with Crippen LogP contribution in [0.15, 0.2) is 47.4 Å². The van der Waals surface area contributed by atoms with Crippen molar-refractivity contribution in [3.63, 3.8) is 0 Å². The Hall–Kier alpha value is -2.34. The fourth-order valence-corrected chi connectivity index (χ4v) is 1.86. The molecule has 96 valence electrons. The van der Waals surface area contributed by atoms with E-state index in [9.17, 15) is 14.9 Å². The molecule has 19 heavy (non-hydrogen) atoms. The van der Waals surface area contributed by atoms with Crippen LogP contribution in [0.2, 0.25) is 0 Å². The highest BCUT2D eigenvalue weighted by molar-refractivity contribution is 7.80. The summed E-state index contributed by atoms with van der Waals surface area (Å²) in [6.45, 7) is 0. The number of rotatable bonds is 3. The maximum Gasteiger partial charge on any atom is 0.336 e. The summed E-state index contributed by atoms with van der Waals surface area (Å²) in [6, 6.07) is 10.4. The van der Waals surface area contributed by atoms with Crippen LogP contribution in [0.4, 0.5) is 5.69 Å². The molecule has 0 aliphatic carbocycles. The number of carboxylic acids is 1. The Morgan fingerprint density at radius 1 is 1.16 bits per heavy atom. The molecule has 2 aromatic rings. The van der Waals surface area contributed by atoms with E-state index in [1.165, 1.54) is 18.2 Å². The number of non-ortho nitro benzene ring substituents is 1. The number of hydrogen-bond donors (Lipinski definition) is 2. The first kappa shape index (κ1) is 13.1. The van der Waals surface area contributed by atoms with E-state index in [2.05, 4.69) is 12.6 Å². The van der Waals surface area contributed by atoms with Gasteiger partial charge in [-0.15, -0.1) is 12.6 Å². The normalized spacial score (nSPS) is 10.2. The number of carboxylic acid groups (broad SMARTS) is 1. The standard InChI is InChI=1S/C13H9NO4S/c15-13(16)11-6-3-9(14(17)18)7-12(11)8-1-4-10(19)5-2-8/h1-7,19H,(H,15,16). The number of thiol groups is 1. The van der Waals surface area contributed by atoms with Gasteiger partial charge in [0.25, 0.3) is 5.69 Å². The summed E-state index contributed by atoms with van der Waals surface area (Å²) in [5.41, 5.74) is 0.793. The van der Waals surface area contributed by atoms with Crippen molar-refractivity contribution in [3.8, 4) is 11.1 Å². The Morgan fingerprint density at radius 2 is 1.79 bits per heavy atom. The molecule has 0 aliphatic heterocycles. The summed E-state index contributed by atoms with van der Waals surface area (Å²) in [7, 11) is 0. The zero-order valence-corrected chi connectivity index (χ0v) is 10.5. The summed E-state index contributed by atoms with van der Waals surface area (Å²) in [4.78, 5) is 22.1. The van der Waals surface area contributed by atoms with Crippen LogP contribution in [0.3, 0.4) is 0 Å². The topological polar surface area (TPSA) is 80.4 Å². The Kier molecular flexibility index (Phi) is 3.52. The predicted octanol–water partition coefficient (Wildman–Crippen LogP) is 3.25. The number of hydrogen-bond acceptors (Lipinski definition) is 4. The van der Waals surface area contributed by atoms with Gasteiger partial charge in [0.2, 0.25) is 0 Å². The minimum Gasteiger partial charge on any atom is -0.478 e. The molecule has 0 spiro atoms. The van der Waals surface area contributed by atoms with Crippen molar-refractivity contribution >= 4 is 24.3 Å². The van der Waals surface area contributed by atoms with Gasteiger partial charge in [-0.25, -0.2) is 4.79 Å². The highest BCUT2D eigenvalue weighted by Crippen LogP contribution is 2.28. The van der Waals surface area contributed by atoms with Crippen LogP contribution in [0.5, 0.6) is 0 Å². The van der Waals surface area contributed by atoms with Gasteiger partial charge >= 0.3 is 5.97 Å². The minimum absolute atomic E-state index is 0.0255. The lowest BCUT2D eigenvalue weighted by Crippen LogP contribution is -2.00. The van der Waals surface area contributed by atoms with E-state index in [4.69, 9.17) is 5.11 Å². The van der Waals surface area contributed by atoms with Crippen molar-refractivity contribution in [3.05, 3.63) is 58.1 Å². The number of nitro benzene ring substituents is 1. The first-order chi connectivity index (χ1) is 8.99. The monoisotopic (exact) mass is 275 g/mol. The first-order valence-electron chi connectivity index (χ1n) is 5.30. The molecular weight excluding hydrogens is 266 g/mol. The van der Waals surface area contributed by atoms with E-state index >= 15 is 0 Å². The Balaban J connectivity index is 2.64. The summed E-state index contributed by atoms with van der Waals surface area (Å²) >= 11 is 4.14. The summed E-state index contributed by atoms with van der Waals surface area (Å²) in [6.07, 6.45) is 0. The zero-order valence-electron chi connectivity index (χ0n) is 9.61. The molecule has 0 fully saturated rings. The molecule has 0 bridgehead atoms. The molecule has 0 aliphatic rings. The van der Waals surface area contributed by atoms with Gasteiger partial charge in [-0.1, -0.05) is 12.1 Å². The lowest BCUT2D eigenvalue weighted by atomic mass is 9.99. The smallest absolute Gasteiger partial charge is 0.336 e. The molecule has 0 saturated carbocycles.